The average Bonchev–Trinajstić information content (AvgIpc) is 2.43. The van der Waals surface area contributed by atoms with E-state index in [1.807, 2.05) is 12.4 Å². The van der Waals surface area contributed by atoms with Gasteiger partial charge in [-0.3, -0.25) is 4.98 Å². The van der Waals surface area contributed by atoms with E-state index in [-0.39, 0.29) is 0 Å². The van der Waals surface area contributed by atoms with Crippen LogP contribution in [0.5, 0.6) is 0 Å². The molecule has 0 fully saturated rings. The zero-order valence-electron chi connectivity index (χ0n) is 11.9. The zero-order valence-corrected chi connectivity index (χ0v) is 11.9. The molecule has 0 aliphatic carbocycles. The molecule has 1 aromatic carbocycles. The van der Waals surface area contributed by atoms with Gasteiger partial charge in [-0.05, 0) is 39.0 Å². The van der Waals surface area contributed by atoms with Crippen molar-refractivity contribution in [1.82, 2.24) is 4.98 Å². The monoisotopic (exact) mass is 255 g/mol. The third-order valence-electron chi connectivity index (χ3n) is 3.08. The lowest BCUT2D eigenvalue weighted by Gasteiger charge is -2.23. The lowest BCUT2D eigenvalue weighted by Crippen LogP contribution is -2.16. The van der Waals surface area contributed by atoms with E-state index in [0.717, 1.165) is 24.5 Å². The minimum atomic E-state index is 0.905. The first-order valence-corrected chi connectivity index (χ1v) is 6.77. The van der Waals surface area contributed by atoms with Gasteiger partial charge in [0, 0.05) is 18.8 Å². The molecule has 3 heteroatoms. The molecule has 0 aliphatic rings. The Morgan fingerprint density at radius 1 is 1.05 bits per heavy atom. The first-order valence-electron chi connectivity index (χ1n) is 6.77. The summed E-state index contributed by atoms with van der Waals surface area (Å²) in [7, 11) is 0. The van der Waals surface area contributed by atoms with Crippen molar-refractivity contribution in [3.05, 3.63) is 48.3 Å². The van der Waals surface area contributed by atoms with Crippen molar-refractivity contribution in [2.75, 3.05) is 23.3 Å². The Morgan fingerprint density at radius 3 is 2.42 bits per heavy atom. The standard InChI is InChI=1S/C16H21N3/c1-4-18-14-10-16(12-17-11-14)19(5-2)15-8-6-13(3)7-9-15/h6-12,18H,4-5H2,1-3H3. The van der Waals surface area contributed by atoms with Gasteiger partial charge in [-0.2, -0.15) is 0 Å². The molecule has 0 radical (unpaired) electrons. The summed E-state index contributed by atoms with van der Waals surface area (Å²) in [6.07, 6.45) is 3.76. The predicted octanol–water partition coefficient (Wildman–Crippen LogP) is 3.98. The highest BCUT2D eigenvalue weighted by molar-refractivity contribution is 5.66. The number of hydrogen-bond acceptors (Lipinski definition) is 3. The molecule has 0 unspecified atom stereocenters. The van der Waals surface area contributed by atoms with Gasteiger partial charge in [0.25, 0.3) is 0 Å². The van der Waals surface area contributed by atoms with E-state index >= 15 is 0 Å². The second kappa shape index (κ2) is 6.23. The number of pyridine rings is 1. The maximum absolute atomic E-state index is 4.31. The summed E-state index contributed by atoms with van der Waals surface area (Å²) in [5, 5.41) is 3.30. The first kappa shape index (κ1) is 13.4. The Hall–Kier alpha value is -2.03. The SMILES string of the molecule is CCNc1cncc(N(CC)c2ccc(C)cc2)c1. The molecule has 3 nitrogen and oxygen atoms in total. The number of rotatable bonds is 5. The van der Waals surface area contributed by atoms with E-state index < -0.39 is 0 Å². The number of anilines is 3. The number of nitrogens with zero attached hydrogens (tertiary/aromatic N) is 2. The van der Waals surface area contributed by atoms with E-state index in [0.29, 0.717) is 0 Å². The molecular formula is C16H21N3. The largest absolute Gasteiger partial charge is 0.384 e. The highest BCUT2D eigenvalue weighted by Crippen LogP contribution is 2.26. The molecule has 1 N–H and O–H groups in total. The highest BCUT2D eigenvalue weighted by atomic mass is 15.1. The first-order chi connectivity index (χ1) is 9.24. The van der Waals surface area contributed by atoms with Crippen LogP contribution in [0.4, 0.5) is 17.1 Å². The number of aryl methyl sites for hydroxylation is 1. The van der Waals surface area contributed by atoms with Crippen molar-refractivity contribution < 1.29 is 0 Å². The van der Waals surface area contributed by atoms with Crippen LogP contribution >= 0.6 is 0 Å². The second-order valence-corrected chi connectivity index (χ2v) is 4.54. The number of aromatic nitrogens is 1. The minimum absolute atomic E-state index is 0.905. The quantitative estimate of drug-likeness (QED) is 0.876. The molecule has 0 spiro atoms. The predicted molar refractivity (Wildman–Crippen MR) is 82.3 cm³/mol. The van der Waals surface area contributed by atoms with Crippen LogP contribution in [0.25, 0.3) is 0 Å². The second-order valence-electron chi connectivity index (χ2n) is 4.54. The molecule has 2 aromatic rings. The molecular weight excluding hydrogens is 234 g/mol. The van der Waals surface area contributed by atoms with Crippen LogP contribution in [0.2, 0.25) is 0 Å². The molecule has 100 valence electrons. The van der Waals surface area contributed by atoms with Crippen LogP contribution < -0.4 is 10.2 Å². The fourth-order valence-electron chi connectivity index (χ4n) is 2.12. The summed E-state index contributed by atoms with van der Waals surface area (Å²) in [6.45, 7) is 8.17. The van der Waals surface area contributed by atoms with E-state index in [9.17, 15) is 0 Å². The van der Waals surface area contributed by atoms with Gasteiger partial charge in [0.05, 0.1) is 23.8 Å². The Balaban J connectivity index is 2.30. The lowest BCUT2D eigenvalue weighted by atomic mass is 10.2. The summed E-state index contributed by atoms with van der Waals surface area (Å²) in [5.41, 5.74) is 4.65. The van der Waals surface area contributed by atoms with Gasteiger partial charge in [0.2, 0.25) is 0 Å². The molecule has 0 saturated carbocycles. The summed E-state index contributed by atoms with van der Waals surface area (Å²) in [4.78, 5) is 6.57. The Labute approximate surface area is 115 Å². The Morgan fingerprint density at radius 2 is 1.79 bits per heavy atom. The van der Waals surface area contributed by atoms with Crippen molar-refractivity contribution in [3.8, 4) is 0 Å². The van der Waals surface area contributed by atoms with Gasteiger partial charge >= 0.3 is 0 Å². The molecule has 0 amide bonds. The lowest BCUT2D eigenvalue weighted by molar-refractivity contribution is 1.01. The normalized spacial score (nSPS) is 10.3. The molecule has 2 rings (SSSR count). The van der Waals surface area contributed by atoms with E-state index in [1.54, 1.807) is 0 Å². The summed E-state index contributed by atoms with van der Waals surface area (Å²) < 4.78 is 0. The van der Waals surface area contributed by atoms with Crippen LogP contribution in [0.15, 0.2) is 42.7 Å². The maximum atomic E-state index is 4.31. The van der Waals surface area contributed by atoms with Crippen LogP contribution in [0.1, 0.15) is 19.4 Å². The third kappa shape index (κ3) is 3.25. The van der Waals surface area contributed by atoms with Crippen LogP contribution in [0, 0.1) is 6.92 Å². The Kier molecular flexibility index (Phi) is 4.39. The molecule has 0 aliphatic heterocycles. The average molecular weight is 255 g/mol. The van der Waals surface area contributed by atoms with Crippen LogP contribution in [-0.4, -0.2) is 18.1 Å². The minimum Gasteiger partial charge on any atom is -0.384 e. The fourth-order valence-corrected chi connectivity index (χ4v) is 2.12. The van der Waals surface area contributed by atoms with Crippen molar-refractivity contribution in [3.63, 3.8) is 0 Å². The van der Waals surface area contributed by atoms with Crippen LogP contribution in [-0.2, 0) is 0 Å². The number of benzene rings is 1. The molecule has 1 aromatic heterocycles. The molecule has 0 saturated heterocycles. The zero-order chi connectivity index (χ0) is 13.7. The maximum Gasteiger partial charge on any atom is 0.0617 e. The van der Waals surface area contributed by atoms with Gasteiger partial charge in [-0.25, -0.2) is 0 Å². The van der Waals surface area contributed by atoms with Crippen molar-refractivity contribution >= 4 is 17.1 Å². The van der Waals surface area contributed by atoms with Crippen molar-refractivity contribution in [1.29, 1.82) is 0 Å². The topological polar surface area (TPSA) is 28.2 Å². The van der Waals surface area contributed by atoms with Crippen molar-refractivity contribution in [2.24, 2.45) is 0 Å². The number of hydrogen-bond donors (Lipinski definition) is 1. The molecule has 19 heavy (non-hydrogen) atoms. The van der Waals surface area contributed by atoms with Gasteiger partial charge < -0.3 is 10.2 Å². The van der Waals surface area contributed by atoms with E-state index in [4.69, 9.17) is 0 Å². The summed E-state index contributed by atoms with van der Waals surface area (Å²) in [6, 6.07) is 10.7. The highest BCUT2D eigenvalue weighted by Gasteiger charge is 2.07. The Bertz CT molecular complexity index is 520. The van der Waals surface area contributed by atoms with Crippen molar-refractivity contribution in [2.45, 2.75) is 20.8 Å². The molecule has 0 bridgehead atoms. The smallest absolute Gasteiger partial charge is 0.0617 e. The number of nitrogens with one attached hydrogen (secondary N) is 1. The van der Waals surface area contributed by atoms with Gasteiger partial charge in [0.1, 0.15) is 0 Å². The summed E-state index contributed by atoms with van der Waals surface area (Å²) >= 11 is 0. The third-order valence-corrected chi connectivity index (χ3v) is 3.08. The van der Waals surface area contributed by atoms with Crippen LogP contribution in [0.3, 0.4) is 0 Å². The summed E-state index contributed by atoms with van der Waals surface area (Å²) in [5.74, 6) is 0. The van der Waals surface area contributed by atoms with Gasteiger partial charge in [0.15, 0.2) is 0 Å². The molecule has 0 atom stereocenters. The van der Waals surface area contributed by atoms with Gasteiger partial charge in [-0.15, -0.1) is 0 Å². The van der Waals surface area contributed by atoms with E-state index in [1.165, 1.54) is 11.3 Å². The van der Waals surface area contributed by atoms with E-state index in [2.05, 4.69) is 66.3 Å². The van der Waals surface area contributed by atoms with Gasteiger partial charge in [-0.1, -0.05) is 17.7 Å². The molecule has 1 heterocycles. The fraction of sp³-hybridized carbons (Fsp3) is 0.312.